The Bertz CT molecular complexity index is 554. The number of amides is 2. The quantitative estimate of drug-likeness (QED) is 0.787. The molecule has 0 aromatic heterocycles. The van der Waals surface area contributed by atoms with E-state index in [4.69, 9.17) is 5.73 Å². The number of nitrogens with two attached hydrogens (primary N) is 1. The summed E-state index contributed by atoms with van der Waals surface area (Å²) < 4.78 is 13.7. The van der Waals surface area contributed by atoms with Crippen LogP contribution in [0.1, 0.15) is 35.2 Å². The molecular formula is C15H20FN3O2. The second-order valence-corrected chi connectivity index (χ2v) is 5.46. The lowest BCUT2D eigenvalue weighted by molar-refractivity contribution is -0.117. The van der Waals surface area contributed by atoms with Gasteiger partial charge >= 0.3 is 0 Å². The molecule has 0 bridgehead atoms. The Morgan fingerprint density at radius 2 is 2.24 bits per heavy atom. The number of benzene rings is 1. The Hall–Kier alpha value is -1.95. The van der Waals surface area contributed by atoms with E-state index < -0.39 is 11.7 Å². The van der Waals surface area contributed by atoms with Crippen LogP contribution in [0.5, 0.6) is 0 Å². The Kier molecular flexibility index (Phi) is 4.90. The van der Waals surface area contributed by atoms with Crippen LogP contribution in [-0.4, -0.2) is 24.9 Å². The van der Waals surface area contributed by atoms with E-state index >= 15 is 0 Å². The normalized spacial score (nSPS) is 18.3. The minimum absolute atomic E-state index is 0.0488. The highest BCUT2D eigenvalue weighted by molar-refractivity contribution is 5.97. The molecule has 1 heterocycles. The number of hydrogen-bond acceptors (Lipinski definition) is 3. The van der Waals surface area contributed by atoms with Crippen LogP contribution in [0.25, 0.3) is 0 Å². The highest BCUT2D eigenvalue weighted by atomic mass is 19.1. The maximum Gasteiger partial charge on any atom is 0.248 e. The van der Waals surface area contributed by atoms with Crippen molar-refractivity contribution in [3.05, 3.63) is 29.1 Å². The standard InChI is InChI=1S/C15H20FN3O2/c1-9-12(16)6-11(15(17)21)7-13(9)19-14(20)5-10-3-2-4-18-8-10/h6-7,10,18H,2-5,8H2,1H3,(H2,17,21)(H,19,20). The molecule has 21 heavy (non-hydrogen) atoms. The van der Waals surface area contributed by atoms with Gasteiger partial charge in [-0.25, -0.2) is 4.39 Å². The summed E-state index contributed by atoms with van der Waals surface area (Å²) in [4.78, 5) is 23.2. The number of halogens is 1. The number of carbonyl (C=O) groups excluding carboxylic acids is 2. The van der Waals surface area contributed by atoms with Gasteiger partial charge in [-0.1, -0.05) is 0 Å². The van der Waals surface area contributed by atoms with Crippen LogP contribution >= 0.6 is 0 Å². The van der Waals surface area contributed by atoms with Crippen LogP contribution in [0.3, 0.4) is 0 Å². The predicted octanol–water partition coefficient (Wildman–Crippen LogP) is 1.56. The first-order valence-electron chi connectivity index (χ1n) is 7.08. The summed E-state index contributed by atoms with van der Waals surface area (Å²) in [5.41, 5.74) is 5.81. The fourth-order valence-electron chi connectivity index (χ4n) is 2.51. The van der Waals surface area contributed by atoms with Crippen molar-refractivity contribution < 1.29 is 14.0 Å². The second-order valence-electron chi connectivity index (χ2n) is 5.46. The molecule has 6 heteroatoms. The van der Waals surface area contributed by atoms with Crippen LogP contribution in [0, 0.1) is 18.7 Å². The first-order valence-corrected chi connectivity index (χ1v) is 7.08. The van der Waals surface area contributed by atoms with Gasteiger partial charge in [0.2, 0.25) is 11.8 Å². The zero-order chi connectivity index (χ0) is 15.4. The third-order valence-electron chi connectivity index (χ3n) is 3.78. The molecule has 2 rings (SSSR count). The van der Waals surface area contributed by atoms with Gasteiger partial charge in [0.05, 0.1) is 0 Å². The van der Waals surface area contributed by atoms with Crippen molar-refractivity contribution in [3.63, 3.8) is 0 Å². The minimum atomic E-state index is -0.721. The fourth-order valence-corrected chi connectivity index (χ4v) is 2.51. The summed E-state index contributed by atoms with van der Waals surface area (Å²) in [6, 6.07) is 2.50. The molecule has 5 nitrogen and oxygen atoms in total. The molecule has 0 radical (unpaired) electrons. The van der Waals surface area contributed by atoms with E-state index in [1.54, 1.807) is 6.92 Å². The van der Waals surface area contributed by atoms with Crippen LogP contribution in [0.4, 0.5) is 10.1 Å². The van der Waals surface area contributed by atoms with Gasteiger partial charge in [0.15, 0.2) is 0 Å². The van der Waals surface area contributed by atoms with Crippen LogP contribution in [0.2, 0.25) is 0 Å². The molecule has 1 saturated heterocycles. The monoisotopic (exact) mass is 293 g/mol. The lowest BCUT2D eigenvalue weighted by atomic mass is 9.96. The molecule has 4 N–H and O–H groups in total. The molecule has 1 atom stereocenters. The first kappa shape index (κ1) is 15.4. The van der Waals surface area contributed by atoms with Gasteiger partial charge in [-0.3, -0.25) is 9.59 Å². The predicted molar refractivity (Wildman–Crippen MR) is 78.5 cm³/mol. The first-order chi connectivity index (χ1) is 9.97. The maximum atomic E-state index is 13.7. The highest BCUT2D eigenvalue weighted by Crippen LogP contribution is 2.22. The fraction of sp³-hybridized carbons (Fsp3) is 0.467. The van der Waals surface area contributed by atoms with Gasteiger partial charge in [-0.05, 0) is 50.9 Å². The van der Waals surface area contributed by atoms with E-state index in [2.05, 4.69) is 10.6 Å². The Labute approximate surface area is 123 Å². The molecule has 1 aromatic rings. The van der Waals surface area contributed by atoms with Crippen molar-refractivity contribution in [2.45, 2.75) is 26.2 Å². The summed E-state index contributed by atoms with van der Waals surface area (Å²) in [6.45, 7) is 3.36. The number of carbonyl (C=O) groups is 2. The molecule has 0 saturated carbocycles. The van der Waals surface area contributed by atoms with Crippen molar-refractivity contribution in [2.75, 3.05) is 18.4 Å². The smallest absolute Gasteiger partial charge is 0.248 e. The van der Waals surface area contributed by atoms with Crippen molar-refractivity contribution in [1.29, 1.82) is 0 Å². The lowest BCUT2D eigenvalue weighted by Gasteiger charge is -2.22. The average molecular weight is 293 g/mol. The molecule has 0 spiro atoms. The van der Waals surface area contributed by atoms with E-state index in [9.17, 15) is 14.0 Å². The van der Waals surface area contributed by atoms with Crippen LogP contribution in [0.15, 0.2) is 12.1 Å². The highest BCUT2D eigenvalue weighted by Gasteiger charge is 2.18. The molecule has 2 amide bonds. The molecule has 1 unspecified atom stereocenters. The van der Waals surface area contributed by atoms with Gasteiger partial charge < -0.3 is 16.4 Å². The summed E-state index contributed by atoms with van der Waals surface area (Å²) in [5, 5.41) is 5.93. The van der Waals surface area contributed by atoms with E-state index in [1.165, 1.54) is 6.07 Å². The summed E-state index contributed by atoms with van der Waals surface area (Å²) >= 11 is 0. The van der Waals surface area contributed by atoms with Crippen molar-refractivity contribution in [3.8, 4) is 0 Å². The van der Waals surface area contributed by atoms with Gasteiger partial charge in [0, 0.05) is 23.2 Å². The van der Waals surface area contributed by atoms with Crippen molar-refractivity contribution in [2.24, 2.45) is 11.7 Å². The number of rotatable bonds is 4. The summed E-state index contributed by atoms with van der Waals surface area (Å²) in [5.74, 6) is -1.15. The third-order valence-corrected chi connectivity index (χ3v) is 3.78. The average Bonchev–Trinajstić information content (AvgIpc) is 2.44. The van der Waals surface area contributed by atoms with Crippen molar-refractivity contribution >= 4 is 17.5 Å². The molecule has 0 aliphatic carbocycles. The summed E-state index contributed by atoms with van der Waals surface area (Å²) in [6.07, 6.45) is 2.45. The Morgan fingerprint density at radius 1 is 1.48 bits per heavy atom. The SMILES string of the molecule is Cc1c(F)cc(C(N)=O)cc1NC(=O)CC1CCCNC1. The molecule has 1 aromatic carbocycles. The number of piperidine rings is 1. The Morgan fingerprint density at radius 3 is 2.86 bits per heavy atom. The van der Waals surface area contributed by atoms with Crippen molar-refractivity contribution in [1.82, 2.24) is 5.32 Å². The molecular weight excluding hydrogens is 273 g/mol. The minimum Gasteiger partial charge on any atom is -0.366 e. The third kappa shape index (κ3) is 4.01. The zero-order valence-electron chi connectivity index (χ0n) is 12.0. The Balaban J connectivity index is 2.07. The number of anilines is 1. The molecule has 1 aliphatic heterocycles. The van der Waals surface area contributed by atoms with Gasteiger partial charge in [0.25, 0.3) is 0 Å². The lowest BCUT2D eigenvalue weighted by Crippen LogP contribution is -2.32. The van der Waals surface area contributed by atoms with E-state index in [0.717, 1.165) is 32.0 Å². The zero-order valence-corrected chi connectivity index (χ0v) is 12.0. The maximum absolute atomic E-state index is 13.7. The van der Waals surface area contributed by atoms with E-state index in [0.29, 0.717) is 23.6 Å². The van der Waals surface area contributed by atoms with Crippen LogP contribution < -0.4 is 16.4 Å². The van der Waals surface area contributed by atoms with Gasteiger partial charge in [-0.15, -0.1) is 0 Å². The topological polar surface area (TPSA) is 84.2 Å². The van der Waals surface area contributed by atoms with Crippen LogP contribution in [-0.2, 0) is 4.79 Å². The molecule has 1 fully saturated rings. The number of hydrogen-bond donors (Lipinski definition) is 3. The second kappa shape index (κ2) is 6.67. The van der Waals surface area contributed by atoms with E-state index in [-0.39, 0.29) is 11.5 Å². The number of primary amides is 1. The molecule has 114 valence electrons. The number of nitrogens with one attached hydrogen (secondary N) is 2. The van der Waals surface area contributed by atoms with Gasteiger partial charge in [0.1, 0.15) is 5.82 Å². The van der Waals surface area contributed by atoms with E-state index in [1.807, 2.05) is 0 Å². The largest absolute Gasteiger partial charge is 0.366 e. The van der Waals surface area contributed by atoms with Gasteiger partial charge in [-0.2, -0.15) is 0 Å². The molecule has 1 aliphatic rings. The summed E-state index contributed by atoms with van der Waals surface area (Å²) in [7, 11) is 0.